The van der Waals surface area contributed by atoms with E-state index >= 15 is 0 Å². The molecule has 7 nitrogen and oxygen atoms in total. The number of rotatable bonds is 7. The standard InChI is InChI=1S/C21H28N4O3/c1-4-25-12-6-7-15(14-25)23-20-17(8-5-11-22-20)21(26)24-18-10-9-16(27-2)13-19(18)28-3/h5,8-11,13,15H,4,6-7,12,14H2,1-3H3,(H,22,23)(H,24,26). The molecule has 2 aromatic rings. The predicted molar refractivity (Wildman–Crippen MR) is 110 cm³/mol. The number of hydrogen-bond acceptors (Lipinski definition) is 6. The highest BCUT2D eigenvalue weighted by Gasteiger charge is 2.21. The summed E-state index contributed by atoms with van der Waals surface area (Å²) in [5, 5.41) is 6.38. The van der Waals surface area contributed by atoms with Crippen LogP contribution in [-0.4, -0.2) is 55.7 Å². The first-order valence-electron chi connectivity index (χ1n) is 9.62. The largest absolute Gasteiger partial charge is 0.497 e. The summed E-state index contributed by atoms with van der Waals surface area (Å²) in [5.74, 6) is 1.57. The van der Waals surface area contributed by atoms with E-state index in [1.807, 2.05) is 0 Å². The van der Waals surface area contributed by atoms with Gasteiger partial charge in [-0.15, -0.1) is 0 Å². The Morgan fingerprint density at radius 3 is 2.89 bits per heavy atom. The zero-order valence-electron chi connectivity index (χ0n) is 16.7. The summed E-state index contributed by atoms with van der Waals surface area (Å²) < 4.78 is 10.6. The van der Waals surface area contributed by atoms with E-state index < -0.39 is 0 Å². The van der Waals surface area contributed by atoms with Crippen LogP contribution in [-0.2, 0) is 0 Å². The number of methoxy groups -OCH3 is 2. The average molecular weight is 384 g/mol. The summed E-state index contributed by atoms with van der Waals surface area (Å²) in [6.45, 7) is 5.29. The first kappa shape index (κ1) is 19.9. The molecule has 0 aliphatic carbocycles. The topological polar surface area (TPSA) is 75.7 Å². The maximum Gasteiger partial charge on any atom is 0.259 e. The van der Waals surface area contributed by atoms with Crippen molar-refractivity contribution < 1.29 is 14.3 Å². The molecule has 3 rings (SSSR count). The van der Waals surface area contributed by atoms with Crippen molar-refractivity contribution in [3.8, 4) is 11.5 Å². The fraction of sp³-hybridized carbons (Fsp3) is 0.429. The van der Waals surface area contributed by atoms with Crippen molar-refractivity contribution in [2.24, 2.45) is 0 Å². The minimum Gasteiger partial charge on any atom is -0.497 e. The van der Waals surface area contributed by atoms with E-state index in [1.165, 1.54) is 0 Å². The Kier molecular flexibility index (Phi) is 6.71. The SMILES string of the molecule is CCN1CCCC(Nc2ncccc2C(=O)Nc2ccc(OC)cc2OC)C1. The Balaban J connectivity index is 1.76. The quantitative estimate of drug-likeness (QED) is 0.763. The second kappa shape index (κ2) is 9.41. The number of nitrogens with one attached hydrogen (secondary N) is 2. The van der Waals surface area contributed by atoms with Crippen LogP contribution < -0.4 is 20.1 Å². The van der Waals surface area contributed by atoms with Crippen LogP contribution in [0, 0.1) is 0 Å². The van der Waals surface area contributed by atoms with Gasteiger partial charge in [0.05, 0.1) is 25.5 Å². The summed E-state index contributed by atoms with van der Waals surface area (Å²) >= 11 is 0. The third kappa shape index (κ3) is 4.72. The Bertz CT molecular complexity index is 812. The number of aromatic nitrogens is 1. The molecule has 0 radical (unpaired) electrons. The van der Waals surface area contributed by atoms with E-state index in [-0.39, 0.29) is 11.9 Å². The van der Waals surface area contributed by atoms with Crippen LogP contribution in [0.15, 0.2) is 36.5 Å². The molecule has 0 saturated carbocycles. The van der Waals surface area contributed by atoms with Gasteiger partial charge in [-0.1, -0.05) is 6.92 Å². The van der Waals surface area contributed by atoms with Crippen molar-refractivity contribution in [2.45, 2.75) is 25.8 Å². The van der Waals surface area contributed by atoms with Crippen molar-refractivity contribution in [1.82, 2.24) is 9.88 Å². The van der Waals surface area contributed by atoms with Gasteiger partial charge in [-0.3, -0.25) is 4.79 Å². The Morgan fingerprint density at radius 2 is 2.14 bits per heavy atom. The van der Waals surface area contributed by atoms with Crippen LogP contribution in [0.25, 0.3) is 0 Å². The number of likely N-dealkylation sites (tertiary alicyclic amines) is 1. The maximum atomic E-state index is 12.9. The molecule has 2 heterocycles. The van der Waals surface area contributed by atoms with E-state index in [0.29, 0.717) is 28.6 Å². The molecule has 1 atom stereocenters. The zero-order chi connectivity index (χ0) is 19.9. The van der Waals surface area contributed by atoms with Crippen molar-refractivity contribution >= 4 is 17.4 Å². The molecule has 28 heavy (non-hydrogen) atoms. The first-order chi connectivity index (χ1) is 13.6. The molecule has 1 amide bonds. The second-order valence-corrected chi connectivity index (χ2v) is 6.80. The molecule has 1 aromatic carbocycles. The molecule has 2 N–H and O–H groups in total. The van der Waals surface area contributed by atoms with Crippen molar-refractivity contribution in [3.05, 3.63) is 42.1 Å². The molecule has 7 heteroatoms. The number of carbonyl (C=O) groups is 1. The van der Waals surface area contributed by atoms with E-state index in [1.54, 1.807) is 50.7 Å². The van der Waals surface area contributed by atoms with Crippen LogP contribution in [0.5, 0.6) is 11.5 Å². The van der Waals surface area contributed by atoms with E-state index in [2.05, 4.69) is 27.4 Å². The van der Waals surface area contributed by atoms with Gasteiger partial charge in [-0.2, -0.15) is 0 Å². The van der Waals surface area contributed by atoms with E-state index in [4.69, 9.17) is 9.47 Å². The Hall–Kier alpha value is -2.80. The third-order valence-electron chi connectivity index (χ3n) is 5.00. The number of pyridine rings is 1. The van der Waals surface area contributed by atoms with Gasteiger partial charge in [0.1, 0.15) is 17.3 Å². The predicted octanol–water partition coefficient (Wildman–Crippen LogP) is 3.25. The fourth-order valence-electron chi connectivity index (χ4n) is 3.45. The minimum atomic E-state index is -0.234. The molecule has 1 fully saturated rings. The highest BCUT2D eigenvalue weighted by molar-refractivity contribution is 6.08. The van der Waals surface area contributed by atoms with Gasteiger partial charge in [-0.25, -0.2) is 4.98 Å². The molecule has 1 aliphatic heterocycles. The second-order valence-electron chi connectivity index (χ2n) is 6.80. The smallest absolute Gasteiger partial charge is 0.259 e. The van der Waals surface area contributed by atoms with Crippen LogP contribution in [0.3, 0.4) is 0 Å². The number of carbonyl (C=O) groups excluding carboxylic acids is 1. The molecular weight excluding hydrogens is 356 g/mol. The Morgan fingerprint density at radius 1 is 1.29 bits per heavy atom. The number of amides is 1. The van der Waals surface area contributed by atoms with Crippen molar-refractivity contribution in [3.63, 3.8) is 0 Å². The number of benzene rings is 1. The molecule has 1 unspecified atom stereocenters. The number of ether oxygens (including phenoxy) is 2. The summed E-state index contributed by atoms with van der Waals surface area (Å²) in [6, 6.07) is 9.11. The molecule has 150 valence electrons. The van der Waals surface area contributed by atoms with Crippen molar-refractivity contribution in [1.29, 1.82) is 0 Å². The summed E-state index contributed by atoms with van der Waals surface area (Å²) in [5.41, 5.74) is 1.09. The molecule has 1 aromatic heterocycles. The lowest BCUT2D eigenvalue weighted by atomic mass is 10.1. The third-order valence-corrected chi connectivity index (χ3v) is 5.00. The molecule has 1 saturated heterocycles. The van der Waals surface area contributed by atoms with E-state index in [0.717, 1.165) is 32.5 Å². The van der Waals surface area contributed by atoms with Gasteiger partial charge in [0.15, 0.2) is 0 Å². The number of nitrogens with zero attached hydrogens (tertiary/aromatic N) is 2. The Labute approximate surface area is 166 Å². The van der Waals surface area contributed by atoms with Crippen molar-refractivity contribution in [2.75, 3.05) is 44.5 Å². The normalized spacial score (nSPS) is 17.0. The van der Waals surface area contributed by atoms with Crippen LogP contribution in [0.4, 0.5) is 11.5 Å². The summed E-state index contributed by atoms with van der Waals surface area (Å²) in [4.78, 5) is 19.8. The minimum absolute atomic E-state index is 0.234. The lowest BCUT2D eigenvalue weighted by Crippen LogP contribution is -2.42. The molecule has 0 bridgehead atoms. The van der Waals surface area contributed by atoms with Gasteiger partial charge in [0, 0.05) is 24.8 Å². The van der Waals surface area contributed by atoms with Crippen LogP contribution in [0.2, 0.25) is 0 Å². The molecular formula is C21H28N4O3. The van der Waals surface area contributed by atoms with Gasteiger partial charge in [0.25, 0.3) is 5.91 Å². The highest BCUT2D eigenvalue weighted by Crippen LogP contribution is 2.30. The fourth-order valence-corrected chi connectivity index (χ4v) is 3.45. The molecule has 0 spiro atoms. The van der Waals surface area contributed by atoms with Crippen LogP contribution >= 0.6 is 0 Å². The summed E-state index contributed by atoms with van der Waals surface area (Å²) in [6.07, 6.45) is 3.91. The zero-order valence-corrected chi connectivity index (χ0v) is 16.7. The van der Waals surface area contributed by atoms with Gasteiger partial charge < -0.3 is 25.0 Å². The maximum absolute atomic E-state index is 12.9. The van der Waals surface area contributed by atoms with Gasteiger partial charge in [0.2, 0.25) is 0 Å². The highest BCUT2D eigenvalue weighted by atomic mass is 16.5. The average Bonchev–Trinajstić information content (AvgIpc) is 2.74. The van der Waals surface area contributed by atoms with Gasteiger partial charge in [-0.05, 0) is 50.2 Å². The number of likely N-dealkylation sites (N-methyl/N-ethyl adjacent to an activating group) is 1. The van der Waals surface area contributed by atoms with E-state index in [9.17, 15) is 4.79 Å². The first-order valence-corrected chi connectivity index (χ1v) is 9.62. The monoisotopic (exact) mass is 384 g/mol. The lowest BCUT2D eigenvalue weighted by Gasteiger charge is -2.32. The lowest BCUT2D eigenvalue weighted by molar-refractivity contribution is 0.102. The van der Waals surface area contributed by atoms with Crippen LogP contribution in [0.1, 0.15) is 30.1 Å². The molecule has 1 aliphatic rings. The number of anilines is 2. The number of hydrogen-bond donors (Lipinski definition) is 2. The van der Waals surface area contributed by atoms with Gasteiger partial charge >= 0.3 is 0 Å². The summed E-state index contributed by atoms with van der Waals surface area (Å²) in [7, 11) is 3.15. The number of piperidine rings is 1.